The third-order valence-corrected chi connectivity index (χ3v) is 5.25. The highest BCUT2D eigenvalue weighted by molar-refractivity contribution is 7.92. The lowest BCUT2D eigenvalue weighted by Crippen LogP contribution is -2.39. The molecular formula is C21H27N3O4S. The number of benzene rings is 2. The molecule has 0 aliphatic heterocycles. The summed E-state index contributed by atoms with van der Waals surface area (Å²) in [5, 5.41) is 4.09. The van der Waals surface area contributed by atoms with Crippen molar-refractivity contribution in [1.82, 2.24) is 5.43 Å². The Hall–Kier alpha value is -2.87. The minimum Gasteiger partial charge on any atom is -0.494 e. The van der Waals surface area contributed by atoms with E-state index in [2.05, 4.69) is 10.5 Å². The average molecular weight is 418 g/mol. The number of sulfonamides is 1. The molecule has 2 rings (SSSR count). The molecule has 1 amide bonds. The van der Waals surface area contributed by atoms with E-state index in [0.29, 0.717) is 18.0 Å². The van der Waals surface area contributed by atoms with E-state index in [0.717, 1.165) is 33.0 Å². The Kier molecular flexibility index (Phi) is 7.39. The monoisotopic (exact) mass is 417 g/mol. The number of carbonyl (C=O) groups is 1. The molecule has 2 aromatic rings. The predicted octanol–water partition coefficient (Wildman–Crippen LogP) is 3.01. The van der Waals surface area contributed by atoms with Gasteiger partial charge < -0.3 is 4.74 Å². The van der Waals surface area contributed by atoms with Gasteiger partial charge in [0.25, 0.3) is 5.91 Å². The molecule has 0 heterocycles. The number of rotatable bonds is 8. The molecule has 0 fully saturated rings. The fourth-order valence-electron chi connectivity index (χ4n) is 2.83. The molecule has 0 aliphatic rings. The minimum absolute atomic E-state index is 0.359. The standard InChI is InChI=1S/C21H27N3O4S/c1-6-28-20-9-7-18(8-10-20)17(4)22-23-21(25)14-24(29(5,26)27)19-12-15(2)11-16(3)13-19/h7-13H,6,14H2,1-5H3,(H,23,25)/b22-17-. The van der Waals surface area contributed by atoms with Crippen LogP contribution >= 0.6 is 0 Å². The van der Waals surface area contributed by atoms with Gasteiger partial charge in [0.05, 0.1) is 24.3 Å². The van der Waals surface area contributed by atoms with Crippen LogP contribution in [0.15, 0.2) is 47.6 Å². The van der Waals surface area contributed by atoms with Gasteiger partial charge in [-0.15, -0.1) is 0 Å². The fraction of sp³-hybridized carbons (Fsp3) is 0.333. The van der Waals surface area contributed by atoms with Crippen molar-refractivity contribution >= 4 is 27.3 Å². The molecule has 0 bridgehead atoms. The van der Waals surface area contributed by atoms with Crippen LogP contribution in [0.2, 0.25) is 0 Å². The lowest BCUT2D eigenvalue weighted by Gasteiger charge is -2.22. The second-order valence-electron chi connectivity index (χ2n) is 6.81. The lowest BCUT2D eigenvalue weighted by molar-refractivity contribution is -0.119. The zero-order valence-electron chi connectivity index (χ0n) is 17.4. The van der Waals surface area contributed by atoms with Crippen LogP contribution in [0.5, 0.6) is 5.75 Å². The molecule has 2 aromatic carbocycles. The van der Waals surface area contributed by atoms with Gasteiger partial charge in [0.2, 0.25) is 10.0 Å². The second kappa shape index (κ2) is 9.56. The molecule has 8 heteroatoms. The van der Waals surface area contributed by atoms with Crippen LogP contribution in [-0.4, -0.2) is 39.4 Å². The molecule has 0 saturated heterocycles. The van der Waals surface area contributed by atoms with Crippen LogP contribution in [0.25, 0.3) is 0 Å². The maximum Gasteiger partial charge on any atom is 0.260 e. The molecule has 0 aliphatic carbocycles. The van der Waals surface area contributed by atoms with Crippen molar-refractivity contribution in [2.24, 2.45) is 5.10 Å². The summed E-state index contributed by atoms with van der Waals surface area (Å²) in [7, 11) is -3.64. The number of amides is 1. The molecular weight excluding hydrogens is 390 g/mol. The first-order valence-electron chi connectivity index (χ1n) is 9.22. The highest BCUT2D eigenvalue weighted by Gasteiger charge is 2.21. The second-order valence-corrected chi connectivity index (χ2v) is 8.71. The lowest BCUT2D eigenvalue weighted by atomic mass is 10.1. The van der Waals surface area contributed by atoms with E-state index < -0.39 is 15.9 Å². The molecule has 0 unspecified atom stereocenters. The highest BCUT2D eigenvalue weighted by Crippen LogP contribution is 2.21. The Morgan fingerprint density at radius 2 is 1.69 bits per heavy atom. The first-order valence-corrected chi connectivity index (χ1v) is 11.1. The summed E-state index contributed by atoms with van der Waals surface area (Å²) in [6.45, 7) is 7.65. The quantitative estimate of drug-likeness (QED) is 0.528. The minimum atomic E-state index is -3.64. The number of nitrogens with zero attached hydrogens (tertiary/aromatic N) is 2. The maximum absolute atomic E-state index is 12.4. The van der Waals surface area contributed by atoms with Gasteiger partial charge in [0, 0.05) is 0 Å². The van der Waals surface area contributed by atoms with E-state index in [9.17, 15) is 13.2 Å². The zero-order valence-corrected chi connectivity index (χ0v) is 18.2. The molecule has 29 heavy (non-hydrogen) atoms. The van der Waals surface area contributed by atoms with E-state index in [-0.39, 0.29) is 6.54 Å². The molecule has 1 N–H and O–H groups in total. The van der Waals surface area contributed by atoms with Crippen LogP contribution in [0.3, 0.4) is 0 Å². The molecule has 7 nitrogen and oxygen atoms in total. The van der Waals surface area contributed by atoms with Gasteiger partial charge in [-0.25, -0.2) is 13.8 Å². The van der Waals surface area contributed by atoms with E-state index in [1.165, 1.54) is 0 Å². The van der Waals surface area contributed by atoms with Gasteiger partial charge >= 0.3 is 0 Å². The number of hydrazone groups is 1. The fourth-order valence-corrected chi connectivity index (χ4v) is 3.67. The Balaban J connectivity index is 2.12. The summed E-state index contributed by atoms with van der Waals surface area (Å²) in [4.78, 5) is 12.4. The third-order valence-electron chi connectivity index (χ3n) is 4.11. The molecule has 0 atom stereocenters. The first kappa shape index (κ1) is 22.4. The molecule has 0 saturated carbocycles. The van der Waals surface area contributed by atoms with Crippen molar-refractivity contribution in [2.45, 2.75) is 27.7 Å². The van der Waals surface area contributed by atoms with Crippen molar-refractivity contribution in [1.29, 1.82) is 0 Å². The Bertz CT molecular complexity index is 979. The van der Waals surface area contributed by atoms with Crippen molar-refractivity contribution in [3.05, 3.63) is 59.2 Å². The average Bonchev–Trinajstić information content (AvgIpc) is 2.63. The summed E-state index contributed by atoms with van der Waals surface area (Å²) in [6.07, 6.45) is 1.08. The Labute approximate surface area is 172 Å². The van der Waals surface area contributed by atoms with E-state index in [1.54, 1.807) is 19.1 Å². The van der Waals surface area contributed by atoms with Gasteiger partial charge in [-0.1, -0.05) is 6.07 Å². The highest BCUT2D eigenvalue weighted by atomic mass is 32.2. The van der Waals surface area contributed by atoms with Gasteiger partial charge in [-0.2, -0.15) is 5.10 Å². The summed E-state index contributed by atoms with van der Waals surface area (Å²) >= 11 is 0. The number of anilines is 1. The number of carbonyl (C=O) groups excluding carboxylic acids is 1. The number of aryl methyl sites for hydroxylation is 2. The first-order chi connectivity index (χ1) is 13.6. The predicted molar refractivity (Wildman–Crippen MR) is 116 cm³/mol. The zero-order chi connectivity index (χ0) is 21.6. The van der Waals surface area contributed by atoms with Crippen LogP contribution in [-0.2, 0) is 14.8 Å². The number of hydrogen-bond donors (Lipinski definition) is 1. The van der Waals surface area contributed by atoms with Crippen LogP contribution in [0, 0.1) is 13.8 Å². The normalized spacial score (nSPS) is 11.8. The number of nitrogens with one attached hydrogen (secondary N) is 1. The molecule has 0 aromatic heterocycles. The van der Waals surface area contributed by atoms with E-state index in [4.69, 9.17) is 4.74 Å². The smallest absolute Gasteiger partial charge is 0.260 e. The van der Waals surface area contributed by atoms with E-state index >= 15 is 0 Å². The van der Waals surface area contributed by atoms with E-state index in [1.807, 2.05) is 51.1 Å². The third kappa shape index (κ3) is 6.60. The number of ether oxygens (including phenoxy) is 1. The van der Waals surface area contributed by atoms with Crippen molar-refractivity contribution in [3.8, 4) is 5.75 Å². The van der Waals surface area contributed by atoms with Crippen molar-refractivity contribution < 1.29 is 17.9 Å². The Morgan fingerprint density at radius 1 is 1.10 bits per heavy atom. The van der Waals surface area contributed by atoms with Crippen LogP contribution in [0.4, 0.5) is 5.69 Å². The number of hydrogen-bond acceptors (Lipinski definition) is 5. The summed E-state index contributed by atoms with van der Waals surface area (Å²) in [6, 6.07) is 12.7. The largest absolute Gasteiger partial charge is 0.494 e. The summed E-state index contributed by atoms with van der Waals surface area (Å²) in [5.74, 6) is 0.227. The van der Waals surface area contributed by atoms with Gasteiger partial charge in [-0.05, 0) is 80.8 Å². The van der Waals surface area contributed by atoms with Crippen molar-refractivity contribution in [2.75, 3.05) is 23.7 Å². The van der Waals surface area contributed by atoms with Crippen LogP contribution in [0.1, 0.15) is 30.5 Å². The topological polar surface area (TPSA) is 88.1 Å². The van der Waals surface area contributed by atoms with Gasteiger partial charge in [0.1, 0.15) is 12.3 Å². The SMILES string of the molecule is CCOc1ccc(/C(C)=N\NC(=O)CN(c2cc(C)cc(C)c2)S(C)(=O)=O)cc1. The van der Waals surface area contributed by atoms with Crippen molar-refractivity contribution in [3.63, 3.8) is 0 Å². The molecule has 0 spiro atoms. The summed E-state index contributed by atoms with van der Waals surface area (Å²) in [5.41, 5.74) is 6.13. The Morgan fingerprint density at radius 3 is 2.21 bits per heavy atom. The van der Waals surface area contributed by atoms with Crippen LogP contribution < -0.4 is 14.5 Å². The summed E-state index contributed by atoms with van der Waals surface area (Å²) < 4.78 is 30.9. The molecule has 156 valence electrons. The van der Waals surface area contributed by atoms with Gasteiger partial charge in [-0.3, -0.25) is 9.10 Å². The maximum atomic E-state index is 12.4. The molecule has 0 radical (unpaired) electrons. The van der Waals surface area contributed by atoms with Gasteiger partial charge in [0.15, 0.2) is 0 Å².